The number of nitrogens with zero attached hydrogens (tertiary/aromatic N) is 3. The van der Waals surface area contributed by atoms with Crippen LogP contribution >= 0.6 is 11.6 Å². The molecule has 0 bridgehead atoms. The van der Waals surface area contributed by atoms with Crippen LogP contribution in [-0.4, -0.2) is 33.1 Å². The zero-order valence-corrected chi connectivity index (χ0v) is 13.2. The lowest BCUT2D eigenvalue weighted by molar-refractivity contribution is 0.184. The van der Waals surface area contributed by atoms with Crippen molar-refractivity contribution in [2.24, 2.45) is 0 Å². The van der Waals surface area contributed by atoms with Gasteiger partial charge in [-0.05, 0) is 39.3 Å². The van der Waals surface area contributed by atoms with E-state index in [0.717, 1.165) is 25.9 Å². The van der Waals surface area contributed by atoms with Gasteiger partial charge in [-0.2, -0.15) is 5.10 Å². The maximum absolute atomic E-state index is 6.49. The van der Waals surface area contributed by atoms with Gasteiger partial charge in [0.2, 0.25) is 0 Å². The highest BCUT2D eigenvalue weighted by molar-refractivity contribution is 6.21. The number of rotatable bonds is 5. The van der Waals surface area contributed by atoms with Gasteiger partial charge >= 0.3 is 0 Å². The van der Waals surface area contributed by atoms with E-state index in [1.54, 1.807) is 0 Å². The minimum absolute atomic E-state index is 0.308. The van der Waals surface area contributed by atoms with Crippen LogP contribution in [0.2, 0.25) is 0 Å². The van der Waals surface area contributed by atoms with E-state index in [-0.39, 0.29) is 0 Å². The number of aryl methyl sites for hydroxylation is 2. The largest absolute Gasteiger partial charge is 0.296 e. The second-order valence-electron chi connectivity index (χ2n) is 5.58. The maximum Gasteiger partial charge on any atom is 0.0625 e. The lowest BCUT2D eigenvalue weighted by Gasteiger charge is -2.34. The Morgan fingerprint density at radius 1 is 1.37 bits per heavy atom. The van der Waals surface area contributed by atoms with E-state index in [4.69, 9.17) is 11.6 Å². The first-order valence-electron chi connectivity index (χ1n) is 7.55. The normalized spacial score (nSPS) is 24.1. The van der Waals surface area contributed by atoms with E-state index in [2.05, 4.69) is 41.6 Å². The van der Waals surface area contributed by atoms with Crippen LogP contribution in [0.25, 0.3) is 0 Å². The van der Waals surface area contributed by atoms with Crippen molar-refractivity contribution >= 4 is 11.6 Å². The van der Waals surface area contributed by atoms with Gasteiger partial charge in [0.25, 0.3) is 0 Å². The van der Waals surface area contributed by atoms with E-state index in [9.17, 15) is 0 Å². The first-order chi connectivity index (χ1) is 9.15. The summed E-state index contributed by atoms with van der Waals surface area (Å²) in [5, 5.41) is 4.93. The Bertz CT molecular complexity index is 402. The molecule has 0 saturated heterocycles. The van der Waals surface area contributed by atoms with Crippen LogP contribution in [0.4, 0.5) is 0 Å². The molecule has 2 rings (SSSR count). The molecule has 1 aromatic heterocycles. The van der Waals surface area contributed by atoms with Crippen LogP contribution in [0.3, 0.4) is 0 Å². The van der Waals surface area contributed by atoms with Gasteiger partial charge in [0.05, 0.1) is 11.4 Å². The van der Waals surface area contributed by atoms with Crippen molar-refractivity contribution in [1.82, 2.24) is 14.7 Å². The molecular formula is C15H26ClN3. The third-order valence-electron chi connectivity index (χ3n) is 4.20. The van der Waals surface area contributed by atoms with Gasteiger partial charge in [0.1, 0.15) is 0 Å². The Morgan fingerprint density at radius 2 is 2.11 bits per heavy atom. The smallest absolute Gasteiger partial charge is 0.0625 e. The fourth-order valence-corrected chi connectivity index (χ4v) is 3.50. The molecule has 19 heavy (non-hydrogen) atoms. The Hall–Kier alpha value is -0.540. The maximum atomic E-state index is 6.49. The summed E-state index contributed by atoms with van der Waals surface area (Å²) in [6, 6.07) is 2.76. The summed E-state index contributed by atoms with van der Waals surface area (Å²) < 4.78 is 2.13. The van der Waals surface area contributed by atoms with E-state index in [1.807, 2.05) is 0 Å². The molecule has 1 heterocycles. The molecule has 3 nitrogen and oxygen atoms in total. The summed E-state index contributed by atoms with van der Waals surface area (Å²) in [5.41, 5.74) is 2.51. The molecule has 1 aromatic rings. The lowest BCUT2D eigenvalue weighted by Crippen LogP contribution is -2.40. The van der Waals surface area contributed by atoms with E-state index in [0.29, 0.717) is 11.4 Å². The Labute approximate surface area is 121 Å². The van der Waals surface area contributed by atoms with Crippen molar-refractivity contribution in [3.05, 3.63) is 17.5 Å². The number of halogens is 1. The molecule has 0 radical (unpaired) electrons. The standard InChI is InChI=1S/C15H26ClN3/c1-4-12-10-13(19(5-2)17-12)11-18(3)15-9-7-6-8-14(15)16/h10,14-15H,4-9,11H2,1-3H3. The average molecular weight is 284 g/mol. The van der Waals surface area contributed by atoms with Crippen LogP contribution in [0.1, 0.15) is 50.9 Å². The number of alkyl halides is 1. The molecule has 4 heteroatoms. The molecule has 1 aliphatic rings. The van der Waals surface area contributed by atoms with Crippen LogP contribution in [0.15, 0.2) is 6.07 Å². The average Bonchev–Trinajstić information content (AvgIpc) is 2.81. The Balaban J connectivity index is 2.04. The molecule has 108 valence electrons. The van der Waals surface area contributed by atoms with Crippen molar-refractivity contribution in [2.75, 3.05) is 7.05 Å². The summed E-state index contributed by atoms with van der Waals surface area (Å²) in [5.74, 6) is 0. The molecule has 1 fully saturated rings. The molecule has 1 aliphatic carbocycles. The molecule has 0 aliphatic heterocycles. The van der Waals surface area contributed by atoms with Gasteiger partial charge in [-0.1, -0.05) is 19.8 Å². The summed E-state index contributed by atoms with van der Waals surface area (Å²) >= 11 is 6.49. The van der Waals surface area contributed by atoms with Crippen molar-refractivity contribution < 1.29 is 0 Å². The van der Waals surface area contributed by atoms with Crippen LogP contribution < -0.4 is 0 Å². The van der Waals surface area contributed by atoms with Gasteiger partial charge in [-0.25, -0.2) is 0 Å². The van der Waals surface area contributed by atoms with Gasteiger partial charge < -0.3 is 0 Å². The summed E-state index contributed by atoms with van der Waals surface area (Å²) in [4.78, 5) is 2.42. The first-order valence-corrected chi connectivity index (χ1v) is 7.99. The molecule has 0 spiro atoms. The molecular weight excluding hydrogens is 258 g/mol. The monoisotopic (exact) mass is 283 g/mol. The minimum atomic E-state index is 0.308. The van der Waals surface area contributed by atoms with E-state index < -0.39 is 0 Å². The summed E-state index contributed by atoms with van der Waals surface area (Å²) in [6.07, 6.45) is 5.98. The van der Waals surface area contributed by atoms with E-state index >= 15 is 0 Å². The Morgan fingerprint density at radius 3 is 2.74 bits per heavy atom. The second kappa shape index (κ2) is 6.76. The predicted octanol–water partition coefficient (Wildman–Crippen LogP) is 3.45. The van der Waals surface area contributed by atoms with Crippen LogP contribution in [-0.2, 0) is 19.5 Å². The second-order valence-corrected chi connectivity index (χ2v) is 6.14. The van der Waals surface area contributed by atoms with Crippen molar-refractivity contribution in [3.8, 4) is 0 Å². The molecule has 0 amide bonds. The zero-order chi connectivity index (χ0) is 13.8. The minimum Gasteiger partial charge on any atom is -0.296 e. The number of hydrogen-bond donors (Lipinski definition) is 0. The van der Waals surface area contributed by atoms with Gasteiger partial charge in [0, 0.05) is 24.5 Å². The first kappa shape index (κ1) is 14.9. The molecule has 2 atom stereocenters. The topological polar surface area (TPSA) is 21.1 Å². The zero-order valence-electron chi connectivity index (χ0n) is 12.4. The molecule has 2 unspecified atom stereocenters. The highest BCUT2D eigenvalue weighted by Crippen LogP contribution is 2.27. The quantitative estimate of drug-likeness (QED) is 0.772. The van der Waals surface area contributed by atoms with Gasteiger partial charge in [-0.15, -0.1) is 11.6 Å². The fourth-order valence-electron chi connectivity index (χ4n) is 3.02. The molecule has 1 saturated carbocycles. The van der Waals surface area contributed by atoms with Crippen molar-refractivity contribution in [3.63, 3.8) is 0 Å². The highest BCUT2D eigenvalue weighted by Gasteiger charge is 2.27. The fraction of sp³-hybridized carbons (Fsp3) is 0.800. The van der Waals surface area contributed by atoms with Gasteiger partial charge in [-0.3, -0.25) is 9.58 Å². The van der Waals surface area contributed by atoms with Gasteiger partial charge in [0.15, 0.2) is 0 Å². The van der Waals surface area contributed by atoms with Crippen molar-refractivity contribution in [2.45, 2.75) is 70.5 Å². The number of aromatic nitrogens is 2. The van der Waals surface area contributed by atoms with Crippen LogP contribution in [0, 0.1) is 0 Å². The highest BCUT2D eigenvalue weighted by atomic mass is 35.5. The third-order valence-corrected chi connectivity index (χ3v) is 4.71. The van der Waals surface area contributed by atoms with Crippen molar-refractivity contribution in [1.29, 1.82) is 0 Å². The summed E-state index contributed by atoms with van der Waals surface area (Å²) in [6.45, 7) is 6.21. The number of hydrogen-bond acceptors (Lipinski definition) is 2. The predicted molar refractivity (Wildman–Crippen MR) is 80.6 cm³/mol. The summed E-state index contributed by atoms with van der Waals surface area (Å²) in [7, 11) is 2.20. The SMILES string of the molecule is CCc1cc(CN(C)C2CCCCC2Cl)n(CC)n1. The van der Waals surface area contributed by atoms with Crippen LogP contribution in [0.5, 0.6) is 0 Å². The molecule has 0 aromatic carbocycles. The third kappa shape index (κ3) is 3.51. The molecule has 0 N–H and O–H groups in total. The lowest BCUT2D eigenvalue weighted by atomic mass is 9.94. The Kier molecular flexibility index (Phi) is 5.28. The van der Waals surface area contributed by atoms with E-state index in [1.165, 1.54) is 30.7 Å².